The third kappa shape index (κ3) is 5.29. The smallest absolute Gasteiger partial charge is 0.257 e. The molecule has 0 bridgehead atoms. The molecular formula is C19H17N5O2S. The van der Waals surface area contributed by atoms with Crippen molar-refractivity contribution in [3.63, 3.8) is 0 Å². The van der Waals surface area contributed by atoms with Gasteiger partial charge in [0.15, 0.2) is 0 Å². The lowest BCUT2D eigenvalue weighted by Crippen LogP contribution is -2.19. The zero-order chi connectivity index (χ0) is 19.1. The molecule has 1 aromatic heterocycles. The van der Waals surface area contributed by atoms with E-state index >= 15 is 0 Å². The van der Waals surface area contributed by atoms with Crippen molar-refractivity contribution >= 4 is 34.5 Å². The van der Waals surface area contributed by atoms with Crippen molar-refractivity contribution in [2.24, 2.45) is 5.10 Å². The minimum absolute atomic E-state index is 0.0317. The average Bonchev–Trinajstić information content (AvgIpc) is 3.10. The lowest BCUT2D eigenvalue weighted by Gasteiger charge is -2.00. The zero-order valence-electron chi connectivity index (χ0n) is 14.5. The number of carbonyl (C=O) groups excluding carboxylic acids is 2. The summed E-state index contributed by atoms with van der Waals surface area (Å²) in [5, 5.41) is 15.3. The largest absolute Gasteiger partial charge is 0.296 e. The Labute approximate surface area is 160 Å². The fourth-order valence-electron chi connectivity index (χ4n) is 2.22. The van der Waals surface area contributed by atoms with E-state index in [1.54, 1.807) is 30.5 Å². The van der Waals surface area contributed by atoms with Crippen molar-refractivity contribution in [3.8, 4) is 0 Å². The normalized spacial score (nSPS) is 10.7. The first kappa shape index (κ1) is 18.4. The van der Waals surface area contributed by atoms with E-state index in [4.69, 9.17) is 0 Å². The summed E-state index contributed by atoms with van der Waals surface area (Å²) in [7, 11) is 0. The fourth-order valence-corrected chi connectivity index (χ4v) is 2.95. The second kappa shape index (κ2) is 8.81. The Bertz CT molecular complexity index is 969. The van der Waals surface area contributed by atoms with Crippen LogP contribution in [0.25, 0.3) is 0 Å². The van der Waals surface area contributed by atoms with Gasteiger partial charge < -0.3 is 0 Å². The van der Waals surface area contributed by atoms with E-state index in [9.17, 15) is 9.59 Å². The lowest BCUT2D eigenvalue weighted by atomic mass is 10.1. The Kier molecular flexibility index (Phi) is 6.01. The summed E-state index contributed by atoms with van der Waals surface area (Å²) in [4.78, 5) is 24.0. The van der Waals surface area contributed by atoms with Gasteiger partial charge in [0, 0.05) is 5.56 Å². The van der Waals surface area contributed by atoms with Crippen LogP contribution in [0.1, 0.15) is 26.5 Å². The summed E-state index contributed by atoms with van der Waals surface area (Å²) in [6.45, 7) is 1.97. The molecule has 2 aromatic carbocycles. The number of aryl methyl sites for hydroxylation is 1. The number of nitrogens with zero attached hydrogens (tertiary/aromatic N) is 3. The first-order valence-electron chi connectivity index (χ1n) is 8.18. The minimum Gasteiger partial charge on any atom is -0.296 e. The number of hydrogen-bond donors (Lipinski definition) is 2. The highest BCUT2D eigenvalue weighted by molar-refractivity contribution is 7.15. The molecule has 1 heterocycles. The van der Waals surface area contributed by atoms with Crippen LogP contribution in [0.4, 0.5) is 5.13 Å². The van der Waals surface area contributed by atoms with Crippen LogP contribution in [0.5, 0.6) is 0 Å². The van der Waals surface area contributed by atoms with E-state index < -0.39 is 0 Å². The van der Waals surface area contributed by atoms with Crippen LogP contribution in [0.3, 0.4) is 0 Å². The lowest BCUT2D eigenvalue weighted by molar-refractivity contribution is -0.120. The number of aromatic nitrogens is 2. The summed E-state index contributed by atoms with van der Waals surface area (Å²) in [5.41, 5.74) is 4.99. The Morgan fingerprint density at radius 2 is 1.81 bits per heavy atom. The molecule has 2 N–H and O–H groups in total. The molecule has 0 aliphatic rings. The highest BCUT2D eigenvalue weighted by atomic mass is 32.1. The fraction of sp³-hybridized carbons (Fsp3) is 0.105. The van der Waals surface area contributed by atoms with Crippen LogP contribution >= 0.6 is 11.3 Å². The molecule has 0 aliphatic carbocycles. The number of hydrogen-bond acceptors (Lipinski definition) is 6. The van der Waals surface area contributed by atoms with E-state index in [0.29, 0.717) is 15.7 Å². The van der Waals surface area contributed by atoms with Gasteiger partial charge in [-0.25, -0.2) is 5.43 Å². The van der Waals surface area contributed by atoms with Crippen molar-refractivity contribution in [1.82, 2.24) is 15.6 Å². The third-order valence-electron chi connectivity index (χ3n) is 3.62. The molecule has 0 aliphatic heterocycles. The molecule has 7 nitrogen and oxygen atoms in total. The monoisotopic (exact) mass is 379 g/mol. The maximum Gasteiger partial charge on any atom is 0.257 e. The van der Waals surface area contributed by atoms with Crippen molar-refractivity contribution in [2.45, 2.75) is 13.3 Å². The molecule has 0 fully saturated rings. The molecule has 27 heavy (non-hydrogen) atoms. The molecule has 0 saturated heterocycles. The summed E-state index contributed by atoms with van der Waals surface area (Å²) >= 11 is 1.15. The van der Waals surface area contributed by atoms with Gasteiger partial charge in [0.05, 0.1) is 12.6 Å². The number of anilines is 1. The summed E-state index contributed by atoms with van der Waals surface area (Å²) in [5.74, 6) is -0.581. The Balaban J connectivity index is 1.52. The van der Waals surface area contributed by atoms with Gasteiger partial charge in [-0.15, -0.1) is 10.2 Å². The number of carbonyl (C=O) groups is 2. The van der Waals surface area contributed by atoms with Crippen molar-refractivity contribution in [3.05, 3.63) is 76.3 Å². The minimum atomic E-state index is -0.308. The molecule has 0 saturated carbocycles. The highest BCUT2D eigenvalue weighted by Crippen LogP contribution is 2.16. The quantitative estimate of drug-likeness (QED) is 0.508. The number of nitrogens with one attached hydrogen (secondary N) is 2. The van der Waals surface area contributed by atoms with Crippen molar-refractivity contribution in [1.29, 1.82) is 0 Å². The van der Waals surface area contributed by atoms with Gasteiger partial charge in [-0.1, -0.05) is 53.8 Å². The van der Waals surface area contributed by atoms with Crippen LogP contribution in [0.15, 0.2) is 59.7 Å². The Morgan fingerprint density at radius 1 is 1.07 bits per heavy atom. The van der Waals surface area contributed by atoms with Crippen LogP contribution in [0.2, 0.25) is 0 Å². The first-order chi connectivity index (χ1) is 13.1. The second-order valence-corrected chi connectivity index (χ2v) is 6.71. The van der Waals surface area contributed by atoms with Crippen LogP contribution in [0, 0.1) is 6.92 Å². The van der Waals surface area contributed by atoms with Gasteiger partial charge in [0.1, 0.15) is 5.01 Å². The van der Waals surface area contributed by atoms with Gasteiger partial charge in [-0.05, 0) is 30.2 Å². The van der Waals surface area contributed by atoms with Gasteiger partial charge in [0.2, 0.25) is 11.0 Å². The summed E-state index contributed by atoms with van der Waals surface area (Å²) in [6.07, 6.45) is 1.63. The maximum atomic E-state index is 12.1. The third-order valence-corrected chi connectivity index (χ3v) is 4.46. The van der Waals surface area contributed by atoms with Gasteiger partial charge >= 0.3 is 0 Å². The molecule has 2 amide bonds. The standard InChI is InChI=1S/C19H17N5O2S/c1-13-7-5-6-10-15(13)12-20-22-16(25)11-17-23-24-19(27-17)21-18(26)14-8-3-2-4-9-14/h2-10,12H,11H2,1H3,(H,22,25)(H,21,24,26)/b20-12-. The van der Waals surface area contributed by atoms with Crippen LogP contribution in [-0.2, 0) is 11.2 Å². The Morgan fingerprint density at radius 3 is 2.59 bits per heavy atom. The summed E-state index contributed by atoms with van der Waals surface area (Å²) in [6, 6.07) is 16.5. The van der Waals surface area contributed by atoms with Crippen LogP contribution < -0.4 is 10.7 Å². The summed E-state index contributed by atoms with van der Waals surface area (Å²) < 4.78 is 0. The van der Waals surface area contributed by atoms with E-state index in [-0.39, 0.29) is 18.2 Å². The molecule has 0 spiro atoms. The molecule has 8 heteroatoms. The Hall–Kier alpha value is -3.39. The molecule has 0 unspecified atom stereocenters. The van der Waals surface area contributed by atoms with Gasteiger partial charge in [0.25, 0.3) is 5.91 Å². The van der Waals surface area contributed by atoms with Crippen molar-refractivity contribution in [2.75, 3.05) is 5.32 Å². The molecule has 3 rings (SSSR count). The SMILES string of the molecule is Cc1ccccc1/C=N\NC(=O)Cc1nnc(NC(=O)c2ccccc2)s1. The molecule has 0 radical (unpaired) electrons. The molecular weight excluding hydrogens is 362 g/mol. The van der Waals surface area contributed by atoms with Gasteiger partial charge in [-0.3, -0.25) is 14.9 Å². The highest BCUT2D eigenvalue weighted by Gasteiger charge is 2.12. The van der Waals surface area contributed by atoms with Crippen LogP contribution in [-0.4, -0.2) is 28.2 Å². The predicted molar refractivity (Wildman–Crippen MR) is 105 cm³/mol. The molecule has 3 aromatic rings. The van der Waals surface area contributed by atoms with Gasteiger partial charge in [-0.2, -0.15) is 5.10 Å². The maximum absolute atomic E-state index is 12.1. The van der Waals surface area contributed by atoms with E-state index in [0.717, 1.165) is 22.5 Å². The van der Waals surface area contributed by atoms with E-state index in [1.807, 2.05) is 37.3 Å². The molecule has 0 atom stereocenters. The number of benzene rings is 2. The van der Waals surface area contributed by atoms with E-state index in [1.165, 1.54) is 0 Å². The first-order valence-corrected chi connectivity index (χ1v) is 9.00. The zero-order valence-corrected chi connectivity index (χ0v) is 15.4. The average molecular weight is 379 g/mol. The predicted octanol–water partition coefficient (Wildman–Crippen LogP) is 2.79. The number of hydrazone groups is 1. The second-order valence-electron chi connectivity index (χ2n) is 5.65. The topological polar surface area (TPSA) is 96.3 Å². The number of rotatable bonds is 6. The number of amides is 2. The van der Waals surface area contributed by atoms with E-state index in [2.05, 4.69) is 26.0 Å². The van der Waals surface area contributed by atoms with Crippen molar-refractivity contribution < 1.29 is 9.59 Å². The molecule has 136 valence electrons.